The monoisotopic (exact) mass is 345 g/mol. The Hall–Kier alpha value is -1.60. The summed E-state index contributed by atoms with van der Waals surface area (Å²) in [6.45, 7) is 2.60. The van der Waals surface area contributed by atoms with Crippen LogP contribution in [0.25, 0.3) is 0 Å². The summed E-state index contributed by atoms with van der Waals surface area (Å²) in [5, 5.41) is 4.67. The van der Waals surface area contributed by atoms with Gasteiger partial charge in [-0.1, -0.05) is 0 Å². The molecule has 0 N–H and O–H groups in total. The van der Waals surface area contributed by atoms with Gasteiger partial charge < -0.3 is 4.57 Å². The molecule has 128 valence electrons. The first-order valence-electron chi connectivity index (χ1n) is 8.57. The molecule has 0 amide bonds. The minimum absolute atomic E-state index is 0.0425. The Morgan fingerprint density at radius 3 is 3.17 bits per heavy atom. The van der Waals surface area contributed by atoms with Crippen LogP contribution in [0.4, 0.5) is 0 Å². The van der Waals surface area contributed by atoms with Crippen LogP contribution in [-0.2, 0) is 32.3 Å². The van der Waals surface area contributed by atoms with Crippen LogP contribution >= 0.6 is 11.8 Å². The van der Waals surface area contributed by atoms with E-state index in [4.69, 9.17) is 0 Å². The van der Waals surface area contributed by atoms with Crippen molar-refractivity contribution in [3.63, 3.8) is 0 Å². The molecule has 2 aromatic heterocycles. The molecule has 7 heteroatoms. The normalized spacial score (nSPS) is 21.1. The Bertz CT molecular complexity index is 784. The lowest BCUT2D eigenvalue weighted by molar-refractivity contribution is 0.214. The first kappa shape index (κ1) is 15.9. The van der Waals surface area contributed by atoms with Gasteiger partial charge in [0.25, 0.3) is 5.56 Å². The third kappa shape index (κ3) is 3.28. The van der Waals surface area contributed by atoms with Gasteiger partial charge >= 0.3 is 0 Å². The summed E-state index contributed by atoms with van der Waals surface area (Å²) in [5.74, 6) is 2.03. The number of likely N-dealkylation sites (tertiary alicyclic amines) is 1. The van der Waals surface area contributed by atoms with E-state index in [-0.39, 0.29) is 5.56 Å². The van der Waals surface area contributed by atoms with E-state index >= 15 is 0 Å². The summed E-state index contributed by atoms with van der Waals surface area (Å²) in [6.07, 6.45) is 7.18. The molecule has 4 rings (SSSR count). The molecule has 1 saturated heterocycles. The van der Waals surface area contributed by atoms with E-state index < -0.39 is 0 Å². The quantitative estimate of drug-likeness (QED) is 0.839. The lowest BCUT2D eigenvalue weighted by Crippen LogP contribution is -2.37. The number of aryl methyl sites for hydroxylation is 2. The highest BCUT2D eigenvalue weighted by Crippen LogP contribution is 2.23. The number of aromatic nitrogens is 4. The zero-order chi connectivity index (χ0) is 16.5. The molecule has 0 bridgehead atoms. The second kappa shape index (κ2) is 6.72. The van der Waals surface area contributed by atoms with E-state index in [1.165, 1.54) is 6.42 Å². The van der Waals surface area contributed by atoms with Crippen LogP contribution in [0.15, 0.2) is 23.4 Å². The second-order valence-electron chi connectivity index (χ2n) is 6.74. The van der Waals surface area contributed by atoms with Gasteiger partial charge in [-0.2, -0.15) is 16.9 Å². The third-order valence-corrected chi connectivity index (χ3v) is 5.92. The number of hydrogen-bond donors (Lipinski definition) is 0. The van der Waals surface area contributed by atoms with Gasteiger partial charge in [0.05, 0.1) is 24.3 Å². The minimum Gasteiger partial charge on any atom is -0.340 e. The Morgan fingerprint density at radius 2 is 2.33 bits per heavy atom. The van der Waals surface area contributed by atoms with Crippen molar-refractivity contribution in [2.75, 3.05) is 12.3 Å². The van der Waals surface area contributed by atoms with Crippen LogP contribution < -0.4 is 5.56 Å². The minimum atomic E-state index is 0.0425. The van der Waals surface area contributed by atoms with Crippen LogP contribution in [0.3, 0.4) is 0 Å². The van der Waals surface area contributed by atoms with Crippen LogP contribution in [0, 0.1) is 0 Å². The first-order chi connectivity index (χ1) is 11.7. The van der Waals surface area contributed by atoms with Crippen LogP contribution in [-0.4, -0.2) is 42.6 Å². The maximum absolute atomic E-state index is 12.4. The fraction of sp³-hybridized carbons (Fsp3) is 0.588. The SMILES string of the molecule is Cn1cnc(CN2CCCC2Cn2nc3c(cc2=O)CSCC3)c1. The van der Waals surface area contributed by atoms with Crippen LogP contribution in [0.1, 0.15) is 29.8 Å². The van der Waals surface area contributed by atoms with E-state index in [2.05, 4.69) is 21.2 Å². The fourth-order valence-corrected chi connectivity index (χ4v) is 4.60. The van der Waals surface area contributed by atoms with Crippen molar-refractivity contribution < 1.29 is 0 Å². The molecule has 0 spiro atoms. The Kier molecular flexibility index (Phi) is 4.45. The largest absolute Gasteiger partial charge is 0.340 e. The van der Waals surface area contributed by atoms with Gasteiger partial charge in [-0.25, -0.2) is 9.67 Å². The number of imidazole rings is 1. The van der Waals surface area contributed by atoms with Gasteiger partial charge in [-0.05, 0) is 30.7 Å². The van der Waals surface area contributed by atoms with Gasteiger partial charge in [0.15, 0.2) is 0 Å². The number of fused-ring (bicyclic) bond motifs is 1. The molecule has 24 heavy (non-hydrogen) atoms. The zero-order valence-corrected chi connectivity index (χ0v) is 14.8. The maximum atomic E-state index is 12.4. The Morgan fingerprint density at radius 1 is 1.42 bits per heavy atom. The van der Waals surface area contributed by atoms with Crippen molar-refractivity contribution >= 4 is 11.8 Å². The molecule has 1 atom stereocenters. The molecule has 2 aliphatic rings. The predicted molar refractivity (Wildman–Crippen MR) is 95.0 cm³/mol. The van der Waals surface area contributed by atoms with Crippen molar-refractivity contribution in [3.05, 3.63) is 45.9 Å². The van der Waals surface area contributed by atoms with E-state index in [0.717, 1.165) is 54.4 Å². The molecule has 2 aromatic rings. The van der Waals surface area contributed by atoms with Crippen LogP contribution in [0.5, 0.6) is 0 Å². The second-order valence-corrected chi connectivity index (χ2v) is 7.84. The van der Waals surface area contributed by atoms with Crippen LogP contribution in [0.2, 0.25) is 0 Å². The highest BCUT2D eigenvalue weighted by atomic mass is 32.2. The van der Waals surface area contributed by atoms with Crippen molar-refractivity contribution in [3.8, 4) is 0 Å². The van der Waals surface area contributed by atoms with E-state index in [1.54, 1.807) is 10.7 Å². The fourth-order valence-electron chi connectivity index (χ4n) is 3.65. The first-order valence-corrected chi connectivity index (χ1v) is 9.73. The van der Waals surface area contributed by atoms with Gasteiger partial charge in [-0.15, -0.1) is 0 Å². The summed E-state index contributed by atoms with van der Waals surface area (Å²) in [7, 11) is 1.99. The molecule has 2 aliphatic heterocycles. The highest BCUT2D eigenvalue weighted by molar-refractivity contribution is 7.98. The summed E-state index contributed by atoms with van der Waals surface area (Å²) < 4.78 is 3.67. The van der Waals surface area contributed by atoms with Gasteiger partial charge in [0.1, 0.15) is 0 Å². The molecule has 1 fully saturated rings. The van der Waals surface area contributed by atoms with Crippen molar-refractivity contribution in [1.82, 2.24) is 24.2 Å². The topological polar surface area (TPSA) is 56.0 Å². The zero-order valence-electron chi connectivity index (χ0n) is 14.0. The Balaban J connectivity index is 1.50. The van der Waals surface area contributed by atoms with Crippen molar-refractivity contribution in [2.45, 2.75) is 44.1 Å². The lowest BCUT2D eigenvalue weighted by atomic mass is 10.2. The number of thioether (sulfide) groups is 1. The maximum Gasteiger partial charge on any atom is 0.267 e. The molecular weight excluding hydrogens is 322 g/mol. The van der Waals surface area contributed by atoms with Gasteiger partial charge in [0, 0.05) is 44.1 Å². The summed E-state index contributed by atoms with van der Waals surface area (Å²) >= 11 is 1.88. The molecule has 0 radical (unpaired) electrons. The van der Waals surface area contributed by atoms with E-state index in [1.807, 2.05) is 29.7 Å². The average Bonchev–Trinajstić information content (AvgIpc) is 3.18. The highest BCUT2D eigenvalue weighted by Gasteiger charge is 2.26. The molecular formula is C17H23N5OS. The summed E-state index contributed by atoms with van der Waals surface area (Å²) in [5.41, 5.74) is 3.37. The lowest BCUT2D eigenvalue weighted by Gasteiger charge is -2.24. The van der Waals surface area contributed by atoms with Gasteiger partial charge in [-0.3, -0.25) is 9.69 Å². The third-order valence-electron chi connectivity index (χ3n) is 4.91. The molecule has 0 aliphatic carbocycles. The standard InChI is InChI=1S/C17H23N5OS/c1-20-8-14(18-12-20)9-21-5-2-3-15(21)10-22-17(23)7-13-11-24-6-4-16(13)19-22/h7-8,12,15H,2-6,9-11H2,1H3. The smallest absolute Gasteiger partial charge is 0.267 e. The van der Waals surface area contributed by atoms with E-state index in [0.29, 0.717) is 12.6 Å². The number of nitrogens with zero attached hydrogens (tertiary/aromatic N) is 5. The van der Waals surface area contributed by atoms with Gasteiger partial charge in [0.2, 0.25) is 0 Å². The van der Waals surface area contributed by atoms with E-state index in [9.17, 15) is 4.79 Å². The molecule has 1 unspecified atom stereocenters. The predicted octanol–water partition coefficient (Wildman–Crippen LogP) is 1.43. The van der Waals surface area contributed by atoms with Crippen molar-refractivity contribution in [1.29, 1.82) is 0 Å². The summed E-state index contributed by atoms with van der Waals surface area (Å²) in [4.78, 5) is 19.3. The summed E-state index contributed by atoms with van der Waals surface area (Å²) in [6, 6.07) is 2.17. The molecule has 4 heterocycles. The van der Waals surface area contributed by atoms with Crippen molar-refractivity contribution in [2.24, 2.45) is 7.05 Å². The number of hydrogen-bond acceptors (Lipinski definition) is 5. The Labute approximate surface area is 145 Å². The molecule has 6 nitrogen and oxygen atoms in total. The molecule has 0 saturated carbocycles. The molecule has 0 aromatic carbocycles. The number of rotatable bonds is 4. The average molecular weight is 345 g/mol.